The van der Waals surface area contributed by atoms with Gasteiger partial charge in [-0.05, 0) is 42.8 Å². The molecule has 3 rings (SSSR count). The Morgan fingerprint density at radius 2 is 1.72 bits per heavy atom. The summed E-state index contributed by atoms with van der Waals surface area (Å²) in [6.07, 6.45) is 2.91. The van der Waals surface area contributed by atoms with Crippen LogP contribution in [0.5, 0.6) is 0 Å². The predicted octanol–water partition coefficient (Wildman–Crippen LogP) is 5.09. The summed E-state index contributed by atoms with van der Waals surface area (Å²) in [7, 11) is 0. The average Bonchev–Trinajstić information content (AvgIpc) is 2.59. The van der Waals surface area contributed by atoms with Gasteiger partial charge in [-0.2, -0.15) is 0 Å². The predicted molar refractivity (Wildman–Crippen MR) is 101 cm³/mol. The third-order valence-corrected chi connectivity index (χ3v) is 4.10. The minimum atomic E-state index is -0.272. The molecule has 0 aliphatic heterocycles. The molecule has 0 radical (unpaired) electrons. The molecule has 0 saturated heterocycles. The van der Waals surface area contributed by atoms with Crippen LogP contribution in [-0.2, 0) is 0 Å². The van der Waals surface area contributed by atoms with Crippen LogP contribution in [0.25, 0.3) is 0 Å². The van der Waals surface area contributed by atoms with Gasteiger partial charge in [-0.1, -0.05) is 35.3 Å². The molecule has 0 spiro atoms. The first-order valence-corrected chi connectivity index (χ1v) is 8.19. The Labute approximate surface area is 155 Å². The van der Waals surface area contributed by atoms with E-state index in [0.717, 1.165) is 11.3 Å². The molecule has 0 aliphatic rings. The van der Waals surface area contributed by atoms with Gasteiger partial charge in [0.15, 0.2) is 0 Å². The van der Waals surface area contributed by atoms with Gasteiger partial charge in [0.2, 0.25) is 5.95 Å². The molecular formula is C18H14Cl2N4O. The third-order valence-electron chi connectivity index (χ3n) is 3.37. The van der Waals surface area contributed by atoms with E-state index < -0.39 is 0 Å². The Morgan fingerprint density at radius 3 is 2.40 bits per heavy atom. The number of carbonyl (C=O) groups excluding carboxylic acids is 1. The van der Waals surface area contributed by atoms with Crippen molar-refractivity contribution in [3.05, 3.63) is 76.0 Å². The Morgan fingerprint density at radius 1 is 0.960 bits per heavy atom. The minimum Gasteiger partial charge on any atom is -0.324 e. The fraction of sp³-hybridized carbons (Fsp3) is 0.0556. The Kier molecular flexibility index (Phi) is 5.16. The van der Waals surface area contributed by atoms with Gasteiger partial charge in [-0.3, -0.25) is 4.79 Å². The number of carbonyl (C=O) groups is 1. The van der Waals surface area contributed by atoms with E-state index in [4.69, 9.17) is 23.2 Å². The van der Waals surface area contributed by atoms with Crippen molar-refractivity contribution in [3.63, 3.8) is 0 Å². The summed E-state index contributed by atoms with van der Waals surface area (Å²) in [6.45, 7) is 1.96. The maximum atomic E-state index is 12.2. The van der Waals surface area contributed by atoms with Gasteiger partial charge in [0, 0.05) is 23.8 Å². The highest BCUT2D eigenvalue weighted by Crippen LogP contribution is 2.26. The number of nitrogens with one attached hydrogen (secondary N) is 2. The van der Waals surface area contributed by atoms with Crippen molar-refractivity contribution in [1.82, 2.24) is 9.97 Å². The molecule has 1 heterocycles. The SMILES string of the molecule is Cc1cccc(NC(=O)c2cnc(Nc3ccc(Cl)c(Cl)c3)nc2)c1. The summed E-state index contributed by atoms with van der Waals surface area (Å²) < 4.78 is 0. The van der Waals surface area contributed by atoms with Gasteiger partial charge in [-0.25, -0.2) is 9.97 Å². The quantitative estimate of drug-likeness (QED) is 0.669. The topological polar surface area (TPSA) is 66.9 Å². The monoisotopic (exact) mass is 372 g/mol. The highest BCUT2D eigenvalue weighted by molar-refractivity contribution is 6.42. The fourth-order valence-corrected chi connectivity index (χ4v) is 2.44. The molecule has 126 valence electrons. The van der Waals surface area contributed by atoms with Crippen LogP contribution >= 0.6 is 23.2 Å². The number of aromatic nitrogens is 2. The number of rotatable bonds is 4. The van der Waals surface area contributed by atoms with E-state index in [2.05, 4.69) is 20.6 Å². The number of nitrogens with zero attached hydrogens (tertiary/aromatic N) is 2. The molecule has 1 amide bonds. The molecule has 5 nitrogen and oxygen atoms in total. The number of aryl methyl sites for hydroxylation is 1. The first-order chi connectivity index (χ1) is 12.0. The second-order valence-corrected chi connectivity index (χ2v) is 6.19. The van der Waals surface area contributed by atoms with Gasteiger partial charge in [0.25, 0.3) is 5.91 Å². The molecule has 0 fully saturated rings. The van der Waals surface area contributed by atoms with Gasteiger partial charge >= 0.3 is 0 Å². The highest BCUT2D eigenvalue weighted by atomic mass is 35.5. The van der Waals surface area contributed by atoms with Crippen LogP contribution in [0.4, 0.5) is 17.3 Å². The van der Waals surface area contributed by atoms with E-state index in [1.807, 2.05) is 31.2 Å². The Balaban J connectivity index is 1.69. The molecule has 0 unspecified atom stereocenters. The number of amides is 1. The normalized spacial score (nSPS) is 10.4. The van der Waals surface area contributed by atoms with Crippen molar-refractivity contribution in [1.29, 1.82) is 0 Å². The number of hydrogen-bond acceptors (Lipinski definition) is 4. The van der Waals surface area contributed by atoms with Gasteiger partial charge in [-0.15, -0.1) is 0 Å². The second kappa shape index (κ2) is 7.51. The Hall–Kier alpha value is -2.63. The molecule has 7 heteroatoms. The standard InChI is InChI=1S/C18H14Cl2N4O/c1-11-3-2-4-13(7-11)23-17(25)12-9-21-18(22-10-12)24-14-5-6-15(19)16(20)8-14/h2-10H,1H3,(H,23,25)(H,21,22,24). The molecule has 2 N–H and O–H groups in total. The number of halogens is 2. The number of hydrogen-bond donors (Lipinski definition) is 2. The zero-order valence-corrected chi connectivity index (χ0v) is 14.8. The Bertz CT molecular complexity index is 913. The van der Waals surface area contributed by atoms with E-state index in [0.29, 0.717) is 27.2 Å². The van der Waals surface area contributed by atoms with E-state index in [1.165, 1.54) is 12.4 Å². The molecule has 1 aromatic heterocycles. The zero-order chi connectivity index (χ0) is 17.8. The maximum Gasteiger partial charge on any atom is 0.258 e. The lowest BCUT2D eigenvalue weighted by Crippen LogP contribution is -2.13. The van der Waals surface area contributed by atoms with Crippen LogP contribution in [0.1, 0.15) is 15.9 Å². The first kappa shape index (κ1) is 17.2. The van der Waals surface area contributed by atoms with Gasteiger partial charge < -0.3 is 10.6 Å². The van der Waals surface area contributed by atoms with Crippen molar-refractivity contribution in [2.45, 2.75) is 6.92 Å². The molecule has 0 bridgehead atoms. The summed E-state index contributed by atoms with van der Waals surface area (Å²) in [4.78, 5) is 20.5. The molecule has 0 saturated carbocycles. The van der Waals surface area contributed by atoms with Crippen LogP contribution in [-0.4, -0.2) is 15.9 Å². The molecule has 25 heavy (non-hydrogen) atoms. The van der Waals surface area contributed by atoms with E-state index in [1.54, 1.807) is 18.2 Å². The third kappa shape index (κ3) is 4.47. The highest BCUT2D eigenvalue weighted by Gasteiger charge is 2.08. The number of benzene rings is 2. The van der Waals surface area contributed by atoms with Gasteiger partial charge in [0.05, 0.1) is 15.6 Å². The zero-order valence-electron chi connectivity index (χ0n) is 13.3. The summed E-state index contributed by atoms with van der Waals surface area (Å²) in [5.74, 6) is 0.0807. The lowest BCUT2D eigenvalue weighted by molar-refractivity contribution is 0.102. The summed E-state index contributed by atoms with van der Waals surface area (Å²) in [6, 6.07) is 12.7. The summed E-state index contributed by atoms with van der Waals surface area (Å²) in [5, 5.41) is 6.71. The molecule has 0 atom stereocenters. The van der Waals surface area contributed by atoms with Crippen LogP contribution in [0.3, 0.4) is 0 Å². The molecular weight excluding hydrogens is 359 g/mol. The summed E-state index contributed by atoms with van der Waals surface area (Å²) >= 11 is 11.8. The molecule has 3 aromatic rings. The van der Waals surface area contributed by atoms with E-state index in [-0.39, 0.29) is 5.91 Å². The van der Waals surface area contributed by atoms with Gasteiger partial charge in [0.1, 0.15) is 0 Å². The van der Waals surface area contributed by atoms with Crippen molar-refractivity contribution in [2.24, 2.45) is 0 Å². The van der Waals surface area contributed by atoms with Crippen molar-refractivity contribution in [3.8, 4) is 0 Å². The van der Waals surface area contributed by atoms with Crippen LogP contribution in [0.2, 0.25) is 10.0 Å². The average molecular weight is 373 g/mol. The molecule has 0 aliphatic carbocycles. The van der Waals surface area contributed by atoms with Crippen molar-refractivity contribution >= 4 is 46.4 Å². The van der Waals surface area contributed by atoms with E-state index >= 15 is 0 Å². The summed E-state index contributed by atoms with van der Waals surface area (Å²) in [5.41, 5.74) is 2.85. The van der Waals surface area contributed by atoms with Crippen LogP contribution < -0.4 is 10.6 Å². The number of anilines is 3. The smallest absolute Gasteiger partial charge is 0.258 e. The lowest BCUT2D eigenvalue weighted by Gasteiger charge is -2.08. The minimum absolute atomic E-state index is 0.272. The van der Waals surface area contributed by atoms with Crippen LogP contribution in [0, 0.1) is 6.92 Å². The van der Waals surface area contributed by atoms with E-state index in [9.17, 15) is 4.79 Å². The lowest BCUT2D eigenvalue weighted by atomic mass is 10.2. The second-order valence-electron chi connectivity index (χ2n) is 5.37. The fourth-order valence-electron chi connectivity index (χ4n) is 2.14. The van der Waals surface area contributed by atoms with Crippen LogP contribution in [0.15, 0.2) is 54.9 Å². The van der Waals surface area contributed by atoms with Crippen molar-refractivity contribution < 1.29 is 4.79 Å². The first-order valence-electron chi connectivity index (χ1n) is 7.43. The molecule has 2 aromatic carbocycles. The largest absolute Gasteiger partial charge is 0.324 e. The maximum absolute atomic E-state index is 12.2. The van der Waals surface area contributed by atoms with Crippen molar-refractivity contribution in [2.75, 3.05) is 10.6 Å².